The highest BCUT2D eigenvalue weighted by Gasteiger charge is 2.73. The van der Waals surface area contributed by atoms with Gasteiger partial charge in [0.05, 0.1) is 4.83 Å². The van der Waals surface area contributed by atoms with Gasteiger partial charge in [-0.2, -0.15) is 0 Å². The number of alkyl halides is 1. The van der Waals surface area contributed by atoms with E-state index in [9.17, 15) is 4.79 Å². The van der Waals surface area contributed by atoms with E-state index in [2.05, 4.69) is 64.5 Å². The maximum Gasteiger partial charge on any atom is 0.151 e. The molecule has 0 radical (unpaired) electrons. The van der Waals surface area contributed by atoms with Crippen LogP contribution >= 0.6 is 15.9 Å². The van der Waals surface area contributed by atoms with E-state index >= 15 is 0 Å². The van der Waals surface area contributed by atoms with Crippen molar-refractivity contribution < 1.29 is 4.79 Å². The number of hydrogen-bond acceptors (Lipinski definition) is 1. The monoisotopic (exact) mass is 326 g/mol. The minimum atomic E-state index is 0.0210. The molecule has 0 bridgehead atoms. The molecule has 2 fully saturated rings. The molecule has 2 heteroatoms. The fourth-order valence-electron chi connectivity index (χ4n) is 4.08. The Labute approximate surface area is 127 Å². The molecule has 2 aliphatic rings. The van der Waals surface area contributed by atoms with Gasteiger partial charge in [0, 0.05) is 17.3 Å². The number of Topliss-reactive ketones (excluding diaryl/α,β-unsaturated/α-hetero) is 1. The molecular formula is C18H15BrO. The third kappa shape index (κ3) is 1.51. The van der Waals surface area contributed by atoms with E-state index in [0.29, 0.717) is 11.7 Å². The van der Waals surface area contributed by atoms with E-state index < -0.39 is 0 Å². The Bertz CT molecular complexity index is 652. The summed E-state index contributed by atoms with van der Waals surface area (Å²) < 4.78 is 0. The molecule has 0 N–H and O–H groups in total. The molecule has 0 unspecified atom stereocenters. The van der Waals surface area contributed by atoms with Crippen molar-refractivity contribution >= 4 is 21.7 Å². The van der Waals surface area contributed by atoms with Crippen molar-refractivity contribution in [2.45, 2.75) is 22.6 Å². The Hall–Kier alpha value is -1.41. The highest BCUT2D eigenvalue weighted by Crippen LogP contribution is 2.72. The first kappa shape index (κ1) is 12.3. The highest BCUT2D eigenvalue weighted by atomic mass is 79.9. The summed E-state index contributed by atoms with van der Waals surface area (Å²) >= 11 is 3.56. The van der Waals surface area contributed by atoms with Gasteiger partial charge in [0.15, 0.2) is 5.78 Å². The third-order valence-corrected chi connectivity index (χ3v) is 5.71. The van der Waals surface area contributed by atoms with Gasteiger partial charge in [-0.05, 0) is 17.5 Å². The van der Waals surface area contributed by atoms with E-state index in [4.69, 9.17) is 0 Å². The van der Waals surface area contributed by atoms with E-state index in [1.165, 1.54) is 11.1 Å². The Morgan fingerprint density at radius 3 is 2.15 bits per heavy atom. The summed E-state index contributed by atoms with van der Waals surface area (Å²) in [4.78, 5) is 12.5. The zero-order valence-corrected chi connectivity index (χ0v) is 12.6. The molecule has 4 atom stereocenters. The lowest BCUT2D eigenvalue weighted by Crippen LogP contribution is -2.15. The highest BCUT2D eigenvalue weighted by molar-refractivity contribution is 9.10. The van der Waals surface area contributed by atoms with Crippen LogP contribution in [0.5, 0.6) is 0 Å². The van der Waals surface area contributed by atoms with Crippen LogP contribution in [0, 0.1) is 5.92 Å². The summed E-state index contributed by atoms with van der Waals surface area (Å²) in [6.07, 6.45) is 0.917. The van der Waals surface area contributed by atoms with Crippen molar-refractivity contribution in [2.24, 2.45) is 5.92 Å². The summed E-state index contributed by atoms with van der Waals surface area (Å²) in [5, 5.41) is 0. The van der Waals surface area contributed by atoms with Crippen LogP contribution in [0.15, 0.2) is 60.7 Å². The first-order chi connectivity index (χ1) is 9.75. The quantitative estimate of drug-likeness (QED) is 0.760. The maximum absolute atomic E-state index is 12.5. The number of halogens is 1. The molecule has 0 aliphatic heterocycles. The molecular weight excluding hydrogens is 312 g/mol. The van der Waals surface area contributed by atoms with Crippen LogP contribution in [-0.2, 0) is 10.2 Å². The van der Waals surface area contributed by atoms with Crippen molar-refractivity contribution in [3.05, 3.63) is 71.8 Å². The smallest absolute Gasteiger partial charge is 0.151 e. The molecule has 0 saturated heterocycles. The minimum absolute atomic E-state index is 0.0210. The second kappa shape index (κ2) is 4.29. The van der Waals surface area contributed by atoms with Crippen molar-refractivity contribution in [1.29, 1.82) is 0 Å². The zero-order valence-electron chi connectivity index (χ0n) is 11.0. The second-order valence-electron chi connectivity index (χ2n) is 5.85. The summed E-state index contributed by atoms with van der Waals surface area (Å²) in [5.74, 6) is 0.881. The Morgan fingerprint density at radius 2 is 1.50 bits per heavy atom. The fraction of sp³-hybridized carbons (Fsp3) is 0.278. The Kier molecular flexibility index (Phi) is 2.65. The van der Waals surface area contributed by atoms with Gasteiger partial charge in [-0.25, -0.2) is 0 Å². The first-order valence-electron chi connectivity index (χ1n) is 7.03. The van der Waals surface area contributed by atoms with Crippen LogP contribution in [0.25, 0.3) is 0 Å². The maximum atomic E-state index is 12.5. The number of ketones is 1. The predicted octanol–water partition coefficient (Wildman–Crippen LogP) is 4.07. The van der Waals surface area contributed by atoms with Gasteiger partial charge >= 0.3 is 0 Å². The lowest BCUT2D eigenvalue weighted by atomic mass is 9.88. The number of carbonyl (C=O) groups excluding carboxylic acids is 1. The molecule has 0 amide bonds. The molecule has 0 heterocycles. The number of hydrogen-bond donors (Lipinski definition) is 0. The average molecular weight is 327 g/mol. The van der Waals surface area contributed by atoms with Crippen LogP contribution in [0.3, 0.4) is 0 Å². The standard InChI is InChI=1S/C18H15BrO/c19-14-11-18(13-9-5-2-6-10-13)15(16(18)17(14)20)12-7-3-1-4-8-12/h1-10,14-16H,11H2/t14-,15-,16-,18+/m1/s1. The number of fused-ring (bicyclic) bond motifs is 1. The van der Waals surface area contributed by atoms with Crippen LogP contribution in [0.2, 0.25) is 0 Å². The minimum Gasteiger partial charge on any atom is -0.298 e. The molecule has 0 spiro atoms. The lowest BCUT2D eigenvalue weighted by Gasteiger charge is -2.17. The lowest BCUT2D eigenvalue weighted by molar-refractivity contribution is -0.118. The number of rotatable bonds is 2. The van der Waals surface area contributed by atoms with E-state index in [-0.39, 0.29) is 16.2 Å². The fourth-order valence-corrected chi connectivity index (χ4v) is 4.90. The summed E-state index contributed by atoms with van der Waals surface area (Å²) in [5.41, 5.74) is 2.64. The van der Waals surface area contributed by atoms with Crippen LogP contribution in [0.1, 0.15) is 23.5 Å². The molecule has 2 aromatic rings. The Balaban J connectivity index is 1.82. The van der Waals surface area contributed by atoms with Crippen LogP contribution < -0.4 is 0 Å². The van der Waals surface area contributed by atoms with Crippen LogP contribution in [-0.4, -0.2) is 10.6 Å². The molecule has 100 valence electrons. The van der Waals surface area contributed by atoms with Gasteiger partial charge in [0.25, 0.3) is 0 Å². The van der Waals surface area contributed by atoms with Gasteiger partial charge in [0.1, 0.15) is 0 Å². The third-order valence-electron chi connectivity index (χ3n) is 4.94. The SMILES string of the molecule is O=C1[C@H](Br)C[C@]2(c3ccccc3)[C@H](c3ccccc3)[C@H]12. The predicted molar refractivity (Wildman–Crippen MR) is 83.1 cm³/mol. The molecule has 20 heavy (non-hydrogen) atoms. The van der Waals surface area contributed by atoms with Gasteiger partial charge in [-0.1, -0.05) is 76.6 Å². The molecule has 2 aliphatic carbocycles. The largest absolute Gasteiger partial charge is 0.298 e. The summed E-state index contributed by atoms with van der Waals surface area (Å²) in [6, 6.07) is 21.0. The van der Waals surface area contributed by atoms with Gasteiger partial charge in [-0.15, -0.1) is 0 Å². The molecule has 2 saturated carbocycles. The topological polar surface area (TPSA) is 17.1 Å². The van der Waals surface area contributed by atoms with Gasteiger partial charge in [-0.3, -0.25) is 4.79 Å². The van der Waals surface area contributed by atoms with Crippen molar-refractivity contribution in [3.8, 4) is 0 Å². The Morgan fingerprint density at radius 1 is 0.900 bits per heavy atom. The zero-order chi connectivity index (χ0) is 13.7. The van der Waals surface area contributed by atoms with Crippen molar-refractivity contribution in [1.82, 2.24) is 0 Å². The average Bonchev–Trinajstić information content (AvgIpc) is 3.10. The molecule has 4 rings (SSSR count). The molecule has 2 aromatic carbocycles. The second-order valence-corrected chi connectivity index (χ2v) is 6.95. The van der Waals surface area contributed by atoms with Gasteiger partial charge in [0.2, 0.25) is 0 Å². The molecule has 0 aromatic heterocycles. The number of benzene rings is 2. The van der Waals surface area contributed by atoms with E-state index in [1.807, 2.05) is 12.1 Å². The summed E-state index contributed by atoms with van der Waals surface area (Å²) in [7, 11) is 0. The number of carbonyl (C=O) groups is 1. The summed E-state index contributed by atoms with van der Waals surface area (Å²) in [6.45, 7) is 0. The van der Waals surface area contributed by atoms with Gasteiger partial charge < -0.3 is 0 Å². The van der Waals surface area contributed by atoms with Crippen LogP contribution in [0.4, 0.5) is 0 Å². The van der Waals surface area contributed by atoms with Crippen molar-refractivity contribution in [3.63, 3.8) is 0 Å². The van der Waals surface area contributed by atoms with Crippen molar-refractivity contribution in [2.75, 3.05) is 0 Å². The van der Waals surface area contributed by atoms with E-state index in [0.717, 1.165) is 6.42 Å². The van der Waals surface area contributed by atoms with E-state index in [1.54, 1.807) is 0 Å². The normalized spacial score (nSPS) is 34.9. The first-order valence-corrected chi connectivity index (χ1v) is 7.95. The molecule has 1 nitrogen and oxygen atoms in total.